The average molecular weight is 656 g/mol. The van der Waals surface area contributed by atoms with Crippen LogP contribution in [0.3, 0.4) is 0 Å². The highest BCUT2D eigenvalue weighted by Gasteiger charge is 2.34. The number of esters is 2. The smallest absolute Gasteiger partial charge is 0.389 e. The molecule has 0 aromatic heterocycles. The van der Waals surface area contributed by atoms with Gasteiger partial charge in [-0.1, -0.05) is 31.4 Å². The number of carboxylic acids is 1. The second-order valence-electron chi connectivity index (χ2n) is 12.3. The zero-order chi connectivity index (χ0) is 33.8. The molecule has 0 saturated heterocycles. The van der Waals surface area contributed by atoms with Crippen LogP contribution in [0.25, 0.3) is 6.08 Å². The van der Waals surface area contributed by atoms with Crippen molar-refractivity contribution in [3.8, 4) is 11.5 Å². The topological polar surface area (TPSA) is 119 Å². The van der Waals surface area contributed by atoms with Crippen LogP contribution < -0.4 is 14.8 Å². The van der Waals surface area contributed by atoms with E-state index in [1.165, 1.54) is 30.3 Å². The zero-order valence-corrected chi connectivity index (χ0v) is 26.0. The molecule has 8 nitrogen and oxygen atoms in total. The molecule has 252 valence electrons. The summed E-state index contributed by atoms with van der Waals surface area (Å²) in [6.45, 7) is 0. The quantitative estimate of drug-likeness (QED) is 0.135. The van der Waals surface area contributed by atoms with Crippen LogP contribution >= 0.6 is 0 Å². The second kappa shape index (κ2) is 16.9. The van der Waals surface area contributed by atoms with Crippen LogP contribution in [0.15, 0.2) is 66.8 Å². The van der Waals surface area contributed by atoms with Gasteiger partial charge in [-0.05, 0) is 111 Å². The van der Waals surface area contributed by atoms with E-state index in [0.717, 1.165) is 63.5 Å². The third kappa shape index (κ3) is 12.4. The Hall–Kier alpha value is -4.41. The third-order valence-electron chi connectivity index (χ3n) is 8.96. The molecule has 0 aliphatic heterocycles. The highest BCUT2D eigenvalue weighted by atomic mass is 19.4. The van der Waals surface area contributed by atoms with Gasteiger partial charge in [0.1, 0.15) is 11.5 Å². The van der Waals surface area contributed by atoms with Crippen molar-refractivity contribution in [2.75, 3.05) is 5.32 Å². The van der Waals surface area contributed by atoms with Crippen LogP contribution in [0.4, 0.5) is 18.9 Å². The van der Waals surface area contributed by atoms with Crippen LogP contribution in [0, 0.1) is 23.7 Å². The number of benzene rings is 2. The predicted octanol–water partition coefficient (Wildman–Crippen LogP) is 8.14. The summed E-state index contributed by atoms with van der Waals surface area (Å²) in [6, 6.07) is 12.8. The summed E-state index contributed by atoms with van der Waals surface area (Å²) in [5.41, 5.74) is 1.09. The Labute approximate surface area is 272 Å². The molecule has 0 spiro atoms. The molecule has 0 atom stereocenters. The molecule has 2 saturated carbocycles. The molecule has 2 aromatic carbocycles. The molecule has 2 aromatic rings. The van der Waals surface area contributed by atoms with E-state index < -0.39 is 30.4 Å². The van der Waals surface area contributed by atoms with Crippen LogP contribution in [-0.4, -0.2) is 35.1 Å². The summed E-state index contributed by atoms with van der Waals surface area (Å²) in [4.78, 5) is 47.2. The van der Waals surface area contributed by atoms with Crippen LogP contribution in [0.2, 0.25) is 0 Å². The SMILES string of the molecule is O=C(O)/C=C\C(=O)Nc1ccc(OC(=O)/C=C/c2ccc(OC(=O)C3CCC(C4CCC(CCCC(F)(F)F)CC4)CC3)cc2)cc1. The maximum atomic E-state index is 12.8. The first-order chi connectivity index (χ1) is 22.4. The van der Waals surface area contributed by atoms with E-state index in [2.05, 4.69) is 5.32 Å². The number of amides is 1. The molecule has 2 aliphatic rings. The van der Waals surface area contributed by atoms with Crippen molar-refractivity contribution in [3.63, 3.8) is 0 Å². The Bertz CT molecular complexity index is 1420. The molecule has 2 aliphatic carbocycles. The fourth-order valence-electron chi connectivity index (χ4n) is 6.46. The number of rotatable bonds is 12. The van der Waals surface area contributed by atoms with Crippen molar-refractivity contribution in [3.05, 3.63) is 72.3 Å². The van der Waals surface area contributed by atoms with Gasteiger partial charge in [0.05, 0.1) is 5.92 Å². The number of hydrogen-bond donors (Lipinski definition) is 2. The Morgan fingerprint density at radius 2 is 1.34 bits per heavy atom. The maximum absolute atomic E-state index is 12.8. The van der Waals surface area contributed by atoms with E-state index >= 15 is 0 Å². The number of halogens is 3. The third-order valence-corrected chi connectivity index (χ3v) is 8.96. The summed E-state index contributed by atoms with van der Waals surface area (Å²) >= 11 is 0. The van der Waals surface area contributed by atoms with Crippen molar-refractivity contribution >= 4 is 35.6 Å². The van der Waals surface area contributed by atoms with Gasteiger partial charge in [-0.15, -0.1) is 0 Å². The van der Waals surface area contributed by atoms with Crippen LogP contribution in [0.5, 0.6) is 11.5 Å². The lowest BCUT2D eigenvalue weighted by Crippen LogP contribution is -2.30. The standard InChI is InChI=1S/C36H40F3NO7/c37-36(38,39)23-1-2-24-3-8-26(9-4-24)27-10-12-28(13-11-27)35(45)47-31-16-5-25(6-17-31)7-22-34(44)46-30-18-14-29(15-19-30)40-32(41)20-21-33(42)43/h5-7,14-22,24,26-28H,1-4,8-13,23H2,(H,40,41)(H,42,43)/b21-20-,22-7+. The van der Waals surface area contributed by atoms with Gasteiger partial charge >= 0.3 is 24.1 Å². The number of carbonyl (C=O) groups excluding carboxylic acids is 3. The highest BCUT2D eigenvalue weighted by molar-refractivity contribution is 6.02. The van der Waals surface area contributed by atoms with Gasteiger partial charge in [0.25, 0.3) is 0 Å². The Morgan fingerprint density at radius 3 is 1.94 bits per heavy atom. The fraction of sp³-hybridized carbons (Fsp3) is 0.444. The minimum atomic E-state index is -4.06. The first kappa shape index (κ1) is 35.4. The van der Waals surface area contributed by atoms with E-state index in [-0.39, 0.29) is 24.1 Å². The van der Waals surface area contributed by atoms with Crippen LogP contribution in [0.1, 0.15) is 76.2 Å². The van der Waals surface area contributed by atoms with E-state index in [1.807, 2.05) is 0 Å². The molecular formula is C36H40F3NO7. The number of hydrogen-bond acceptors (Lipinski definition) is 6. The predicted molar refractivity (Wildman–Crippen MR) is 169 cm³/mol. The Kier molecular flexibility index (Phi) is 12.8. The molecule has 11 heteroatoms. The maximum Gasteiger partial charge on any atom is 0.389 e. The minimum Gasteiger partial charge on any atom is -0.478 e. The van der Waals surface area contributed by atoms with Crippen molar-refractivity contribution in [2.45, 2.75) is 76.8 Å². The number of anilines is 1. The summed E-state index contributed by atoms with van der Waals surface area (Å²) in [7, 11) is 0. The van der Waals surface area contributed by atoms with Crippen LogP contribution in [-0.2, 0) is 19.2 Å². The number of carbonyl (C=O) groups is 4. The summed E-state index contributed by atoms with van der Waals surface area (Å²) in [6.07, 6.45) is 8.20. The molecule has 0 heterocycles. The van der Waals surface area contributed by atoms with Crippen molar-refractivity contribution in [1.82, 2.24) is 0 Å². The molecule has 2 N–H and O–H groups in total. The molecule has 0 unspecified atom stereocenters. The minimum absolute atomic E-state index is 0.154. The van der Waals surface area contributed by atoms with Gasteiger partial charge in [0.15, 0.2) is 0 Å². The molecule has 1 amide bonds. The lowest BCUT2D eigenvalue weighted by molar-refractivity contribution is -0.140. The lowest BCUT2D eigenvalue weighted by Gasteiger charge is -2.37. The first-order valence-corrected chi connectivity index (χ1v) is 16.0. The van der Waals surface area contributed by atoms with Crippen molar-refractivity contribution in [1.29, 1.82) is 0 Å². The van der Waals surface area contributed by atoms with E-state index in [0.29, 0.717) is 41.2 Å². The van der Waals surface area contributed by atoms with Gasteiger partial charge in [-0.3, -0.25) is 9.59 Å². The molecular weight excluding hydrogens is 615 g/mol. The number of nitrogens with one attached hydrogen (secondary N) is 1. The largest absolute Gasteiger partial charge is 0.478 e. The van der Waals surface area contributed by atoms with Crippen molar-refractivity contribution in [2.24, 2.45) is 23.7 Å². The van der Waals surface area contributed by atoms with E-state index in [1.54, 1.807) is 30.3 Å². The number of aliphatic carboxylic acids is 1. The van der Waals surface area contributed by atoms with Gasteiger partial charge in [0, 0.05) is 30.3 Å². The normalized spacial score (nSPS) is 21.8. The Balaban J connectivity index is 1.14. The lowest BCUT2D eigenvalue weighted by atomic mass is 9.68. The van der Waals surface area contributed by atoms with Gasteiger partial charge in [0.2, 0.25) is 5.91 Å². The number of alkyl halides is 3. The molecule has 0 bridgehead atoms. The average Bonchev–Trinajstić information content (AvgIpc) is 3.04. The number of carboxylic acid groups (broad SMARTS) is 1. The molecule has 4 rings (SSSR count). The fourth-order valence-corrected chi connectivity index (χ4v) is 6.46. The Morgan fingerprint density at radius 1 is 0.766 bits per heavy atom. The first-order valence-electron chi connectivity index (χ1n) is 16.0. The molecule has 47 heavy (non-hydrogen) atoms. The van der Waals surface area contributed by atoms with Gasteiger partial charge in [-0.2, -0.15) is 13.2 Å². The summed E-state index contributed by atoms with van der Waals surface area (Å²) in [5.74, 6) is -0.629. The van der Waals surface area contributed by atoms with E-state index in [9.17, 15) is 32.3 Å². The zero-order valence-electron chi connectivity index (χ0n) is 26.0. The molecule has 0 radical (unpaired) electrons. The summed E-state index contributed by atoms with van der Waals surface area (Å²) in [5, 5.41) is 11.1. The van der Waals surface area contributed by atoms with Gasteiger partial charge < -0.3 is 19.9 Å². The van der Waals surface area contributed by atoms with Crippen molar-refractivity contribution < 1.29 is 46.9 Å². The second-order valence-corrected chi connectivity index (χ2v) is 12.3. The summed E-state index contributed by atoms with van der Waals surface area (Å²) < 4.78 is 48.2. The monoisotopic (exact) mass is 655 g/mol. The number of ether oxygens (including phenoxy) is 2. The highest BCUT2D eigenvalue weighted by Crippen LogP contribution is 2.43. The molecule has 2 fully saturated rings. The van der Waals surface area contributed by atoms with Gasteiger partial charge in [-0.25, -0.2) is 9.59 Å². The van der Waals surface area contributed by atoms with E-state index in [4.69, 9.17) is 14.6 Å².